The van der Waals surface area contributed by atoms with Crippen molar-refractivity contribution in [3.05, 3.63) is 71.8 Å². The van der Waals surface area contributed by atoms with Crippen molar-refractivity contribution in [3.63, 3.8) is 0 Å². The van der Waals surface area contributed by atoms with Crippen molar-refractivity contribution < 1.29 is 14.6 Å². The molecule has 3 rings (SSSR count). The van der Waals surface area contributed by atoms with Crippen LogP contribution in [0, 0.1) is 0 Å². The summed E-state index contributed by atoms with van der Waals surface area (Å²) in [6.45, 7) is 1.40. The number of benzene rings is 2. The number of nitrogens with zero attached hydrogens (tertiary/aromatic N) is 1. The molecule has 0 saturated carbocycles. The van der Waals surface area contributed by atoms with Crippen LogP contribution < -0.4 is 5.73 Å². The van der Waals surface area contributed by atoms with Gasteiger partial charge in [-0.05, 0) is 11.1 Å². The number of nitrogens with two attached hydrogens (primary N) is 1. The van der Waals surface area contributed by atoms with Gasteiger partial charge in [-0.1, -0.05) is 60.7 Å². The molecule has 0 spiro atoms. The predicted octanol–water partition coefficient (Wildman–Crippen LogP) is 2.46. The molecule has 26 heavy (non-hydrogen) atoms. The predicted molar refractivity (Wildman–Crippen MR) is 103 cm³/mol. The second-order valence-corrected chi connectivity index (χ2v) is 6.31. The molecule has 1 aliphatic rings. The van der Waals surface area contributed by atoms with Crippen LogP contribution in [0.15, 0.2) is 60.7 Å². The lowest BCUT2D eigenvalue weighted by atomic mass is 9.99. The van der Waals surface area contributed by atoms with Crippen LogP contribution in [0.4, 0.5) is 0 Å². The molecule has 0 bridgehead atoms. The molecule has 0 aromatic heterocycles. The average molecular weight is 377 g/mol. The summed E-state index contributed by atoms with van der Waals surface area (Å²) < 4.78 is 5.54. The van der Waals surface area contributed by atoms with Gasteiger partial charge in [-0.3, -0.25) is 4.79 Å². The lowest BCUT2D eigenvalue weighted by Crippen LogP contribution is -2.52. The number of aliphatic hydroxyl groups is 1. The summed E-state index contributed by atoms with van der Waals surface area (Å²) in [6.07, 6.45) is -0.215. The third-order valence-corrected chi connectivity index (χ3v) is 4.62. The van der Waals surface area contributed by atoms with E-state index in [1.54, 1.807) is 4.90 Å². The zero-order chi connectivity index (χ0) is 17.6. The Labute approximate surface area is 160 Å². The summed E-state index contributed by atoms with van der Waals surface area (Å²) in [6, 6.07) is 17.9. The highest BCUT2D eigenvalue weighted by atomic mass is 35.5. The van der Waals surface area contributed by atoms with Gasteiger partial charge in [0.15, 0.2) is 0 Å². The van der Waals surface area contributed by atoms with Crippen molar-refractivity contribution in [2.75, 3.05) is 19.8 Å². The molecule has 1 amide bonds. The lowest BCUT2D eigenvalue weighted by molar-refractivity contribution is -0.142. The number of hydrogen-bond acceptors (Lipinski definition) is 4. The fourth-order valence-electron chi connectivity index (χ4n) is 3.19. The van der Waals surface area contributed by atoms with Crippen molar-refractivity contribution >= 4 is 18.3 Å². The molecule has 3 atom stereocenters. The average Bonchev–Trinajstić information content (AvgIpc) is 2.68. The molecule has 1 fully saturated rings. The number of halogens is 1. The molecule has 2 aromatic carbocycles. The second kappa shape index (κ2) is 9.69. The van der Waals surface area contributed by atoms with Crippen LogP contribution in [0.5, 0.6) is 0 Å². The number of ether oxygens (including phenoxy) is 1. The number of rotatable bonds is 5. The fraction of sp³-hybridized carbons (Fsp3) is 0.350. The van der Waals surface area contributed by atoms with E-state index in [1.165, 1.54) is 0 Å². The molecule has 1 saturated heterocycles. The van der Waals surface area contributed by atoms with E-state index in [9.17, 15) is 9.90 Å². The van der Waals surface area contributed by atoms with Gasteiger partial charge < -0.3 is 20.5 Å². The van der Waals surface area contributed by atoms with Crippen molar-refractivity contribution in [2.24, 2.45) is 5.73 Å². The SMILES string of the molecule is Cl.NC(C(=O)N1CCOCC1CC(O)c1ccccc1)c1ccccc1. The Morgan fingerprint density at radius 3 is 2.31 bits per heavy atom. The van der Waals surface area contributed by atoms with Crippen LogP contribution >= 0.6 is 12.4 Å². The maximum absolute atomic E-state index is 12.9. The zero-order valence-electron chi connectivity index (χ0n) is 14.5. The summed E-state index contributed by atoms with van der Waals surface area (Å²) in [4.78, 5) is 14.6. The van der Waals surface area contributed by atoms with E-state index in [-0.39, 0.29) is 24.4 Å². The normalized spacial score (nSPS) is 19.3. The molecule has 0 radical (unpaired) electrons. The number of morpholine rings is 1. The summed E-state index contributed by atoms with van der Waals surface area (Å²) in [5.41, 5.74) is 7.81. The molecule has 5 nitrogen and oxygen atoms in total. The monoisotopic (exact) mass is 376 g/mol. The lowest BCUT2D eigenvalue weighted by Gasteiger charge is -2.38. The van der Waals surface area contributed by atoms with Crippen LogP contribution in [-0.2, 0) is 9.53 Å². The highest BCUT2D eigenvalue weighted by Gasteiger charge is 2.32. The highest BCUT2D eigenvalue weighted by Crippen LogP contribution is 2.24. The number of carbonyl (C=O) groups excluding carboxylic acids is 1. The van der Waals surface area contributed by atoms with Crippen LogP contribution in [0.3, 0.4) is 0 Å². The van der Waals surface area contributed by atoms with Crippen LogP contribution in [0.25, 0.3) is 0 Å². The first-order valence-corrected chi connectivity index (χ1v) is 8.58. The van der Waals surface area contributed by atoms with Gasteiger partial charge in [-0.2, -0.15) is 0 Å². The van der Waals surface area contributed by atoms with Gasteiger partial charge in [-0.15, -0.1) is 12.4 Å². The minimum Gasteiger partial charge on any atom is -0.388 e. The van der Waals surface area contributed by atoms with E-state index in [4.69, 9.17) is 10.5 Å². The summed E-state index contributed by atoms with van der Waals surface area (Å²) in [7, 11) is 0. The van der Waals surface area contributed by atoms with Crippen molar-refractivity contribution in [2.45, 2.75) is 24.6 Å². The van der Waals surface area contributed by atoms with Gasteiger partial charge in [0.05, 0.1) is 25.4 Å². The van der Waals surface area contributed by atoms with Gasteiger partial charge in [0.2, 0.25) is 5.91 Å². The van der Waals surface area contributed by atoms with E-state index in [1.807, 2.05) is 60.7 Å². The van der Waals surface area contributed by atoms with E-state index in [0.29, 0.717) is 26.2 Å². The van der Waals surface area contributed by atoms with E-state index in [0.717, 1.165) is 11.1 Å². The van der Waals surface area contributed by atoms with Crippen molar-refractivity contribution in [3.8, 4) is 0 Å². The molecule has 3 unspecified atom stereocenters. The minimum atomic E-state index is -0.698. The first kappa shape index (κ1) is 20.4. The Hall–Kier alpha value is -1.92. The Balaban J connectivity index is 0.00000243. The van der Waals surface area contributed by atoms with Crippen LogP contribution in [0.1, 0.15) is 29.7 Å². The van der Waals surface area contributed by atoms with Gasteiger partial charge in [0.25, 0.3) is 0 Å². The summed E-state index contributed by atoms with van der Waals surface area (Å²) in [5.74, 6) is -0.125. The molecular formula is C20H25ClN2O3. The largest absolute Gasteiger partial charge is 0.388 e. The van der Waals surface area contributed by atoms with Crippen LogP contribution in [-0.4, -0.2) is 41.7 Å². The smallest absolute Gasteiger partial charge is 0.244 e. The first-order valence-electron chi connectivity index (χ1n) is 8.58. The van der Waals surface area contributed by atoms with E-state index < -0.39 is 12.1 Å². The van der Waals surface area contributed by atoms with E-state index >= 15 is 0 Å². The topological polar surface area (TPSA) is 75.8 Å². The molecule has 1 aliphatic heterocycles. The minimum absolute atomic E-state index is 0. The third-order valence-electron chi connectivity index (χ3n) is 4.62. The second-order valence-electron chi connectivity index (χ2n) is 6.31. The maximum atomic E-state index is 12.9. The molecule has 3 N–H and O–H groups in total. The molecular weight excluding hydrogens is 352 g/mol. The Morgan fingerprint density at radius 2 is 1.69 bits per heavy atom. The molecule has 1 heterocycles. The van der Waals surface area contributed by atoms with Gasteiger partial charge in [-0.25, -0.2) is 0 Å². The molecule has 6 heteroatoms. The van der Waals surface area contributed by atoms with Crippen LogP contribution in [0.2, 0.25) is 0 Å². The summed E-state index contributed by atoms with van der Waals surface area (Å²) >= 11 is 0. The van der Waals surface area contributed by atoms with Crippen molar-refractivity contribution in [1.29, 1.82) is 0 Å². The maximum Gasteiger partial charge on any atom is 0.244 e. The first-order chi connectivity index (χ1) is 12.2. The Bertz CT molecular complexity index is 684. The standard InChI is InChI=1S/C20H24N2O3.ClH/c21-19(16-9-5-2-6-10-16)20(24)22-11-12-25-14-17(22)13-18(23)15-7-3-1-4-8-15;/h1-10,17-19,23H,11-14,21H2;1H. The van der Waals surface area contributed by atoms with Crippen molar-refractivity contribution in [1.82, 2.24) is 4.90 Å². The van der Waals surface area contributed by atoms with Gasteiger partial charge >= 0.3 is 0 Å². The molecule has 2 aromatic rings. The Morgan fingerprint density at radius 1 is 1.12 bits per heavy atom. The number of aliphatic hydroxyl groups excluding tert-OH is 1. The van der Waals surface area contributed by atoms with Gasteiger partial charge in [0, 0.05) is 13.0 Å². The number of hydrogen-bond donors (Lipinski definition) is 2. The fourth-order valence-corrected chi connectivity index (χ4v) is 3.19. The highest BCUT2D eigenvalue weighted by molar-refractivity contribution is 5.85. The third kappa shape index (κ3) is 4.83. The Kier molecular flexibility index (Phi) is 7.60. The van der Waals surface area contributed by atoms with E-state index in [2.05, 4.69) is 0 Å². The summed E-state index contributed by atoms with van der Waals surface area (Å²) in [5, 5.41) is 10.5. The molecule has 140 valence electrons. The zero-order valence-corrected chi connectivity index (χ0v) is 15.3. The number of carbonyl (C=O) groups is 1. The molecule has 0 aliphatic carbocycles. The quantitative estimate of drug-likeness (QED) is 0.840. The number of amides is 1. The van der Waals surface area contributed by atoms with Gasteiger partial charge in [0.1, 0.15) is 6.04 Å².